The number of hydrogen-bond acceptors (Lipinski definition) is 4. The molecule has 1 saturated heterocycles. The van der Waals surface area contributed by atoms with Crippen molar-refractivity contribution >= 4 is 22.5 Å². The van der Waals surface area contributed by atoms with Crippen LogP contribution in [-0.4, -0.2) is 34.7 Å². The molecule has 0 saturated carbocycles. The minimum atomic E-state index is -1.62. The molecule has 1 aliphatic rings. The molecule has 23 heavy (non-hydrogen) atoms. The lowest BCUT2D eigenvalue weighted by atomic mass is 9.91. The fourth-order valence-corrected chi connectivity index (χ4v) is 3.04. The number of piperidine rings is 1. The molecule has 0 spiro atoms. The van der Waals surface area contributed by atoms with Crippen LogP contribution in [-0.2, 0) is 4.79 Å². The van der Waals surface area contributed by atoms with E-state index in [-0.39, 0.29) is 18.5 Å². The molecule has 0 bridgehead atoms. The van der Waals surface area contributed by atoms with Crippen molar-refractivity contribution in [3.8, 4) is 0 Å². The van der Waals surface area contributed by atoms with E-state index in [1.165, 1.54) is 6.07 Å². The summed E-state index contributed by atoms with van der Waals surface area (Å²) in [5, 5.41) is 10.8. The number of β-amino-alcohol motifs (C(OH)–C–C–N with tert-alkyl or cyclic N) is 1. The maximum absolute atomic E-state index is 14.0. The zero-order chi connectivity index (χ0) is 16.8. The average Bonchev–Trinajstić information content (AvgIpc) is 2.50. The first-order valence-electron chi connectivity index (χ1n) is 7.34. The maximum Gasteiger partial charge on any atom is 0.251 e. The zero-order valence-electron chi connectivity index (χ0n) is 12.6. The van der Waals surface area contributed by atoms with Crippen LogP contribution in [0.4, 0.5) is 14.5 Å². The van der Waals surface area contributed by atoms with Gasteiger partial charge in [0.1, 0.15) is 5.52 Å². The van der Waals surface area contributed by atoms with Crippen molar-refractivity contribution in [2.45, 2.75) is 25.4 Å². The summed E-state index contributed by atoms with van der Waals surface area (Å²) in [7, 11) is 0. The number of nitrogens with two attached hydrogens (primary N) is 1. The van der Waals surface area contributed by atoms with Crippen molar-refractivity contribution in [3.05, 3.63) is 35.5 Å². The number of carbonyl (C=O) groups is 1. The summed E-state index contributed by atoms with van der Waals surface area (Å²) in [6, 6.07) is 4.22. The molecule has 1 fully saturated rings. The average molecular weight is 321 g/mol. The number of aliphatic hydroxyl groups is 1. The maximum atomic E-state index is 14.0. The number of aryl methyl sites for hydroxylation is 1. The Morgan fingerprint density at radius 1 is 1.43 bits per heavy atom. The zero-order valence-corrected chi connectivity index (χ0v) is 12.6. The minimum absolute atomic E-state index is 0.0138. The van der Waals surface area contributed by atoms with Crippen LogP contribution in [0.3, 0.4) is 0 Å². The number of nitrogens with zero attached hydrogens (tertiary/aromatic N) is 2. The van der Waals surface area contributed by atoms with Gasteiger partial charge in [-0.2, -0.15) is 0 Å². The molecule has 0 unspecified atom stereocenters. The summed E-state index contributed by atoms with van der Waals surface area (Å²) in [5.41, 5.74) is 4.73. The molecule has 2 heterocycles. The Hall–Kier alpha value is -2.28. The van der Waals surface area contributed by atoms with Crippen LogP contribution in [0.2, 0.25) is 0 Å². The fourth-order valence-electron chi connectivity index (χ4n) is 3.04. The summed E-state index contributed by atoms with van der Waals surface area (Å²) < 4.78 is 27.5. The Morgan fingerprint density at radius 2 is 2.17 bits per heavy atom. The molecule has 1 atom stereocenters. The van der Waals surface area contributed by atoms with Gasteiger partial charge < -0.3 is 15.7 Å². The quantitative estimate of drug-likeness (QED) is 0.881. The van der Waals surface area contributed by atoms with Gasteiger partial charge in [-0.1, -0.05) is 0 Å². The monoisotopic (exact) mass is 321 g/mol. The van der Waals surface area contributed by atoms with Crippen LogP contribution in [0.25, 0.3) is 10.9 Å². The predicted molar refractivity (Wildman–Crippen MR) is 82.0 cm³/mol. The molecule has 7 heteroatoms. The predicted octanol–water partition coefficient (Wildman–Crippen LogP) is 1.64. The standard InChI is InChI=1S/C16H17F2N3O2/c1-9-7-12(10-3-4-11(17)13(18)14(10)20-9)21-6-2-5-16(23,8-21)15(19)22/h3-4,7,23H,2,5-6,8H2,1H3,(H2,19,22)/t16-/m1/s1. The Balaban J connectivity index is 2.13. The van der Waals surface area contributed by atoms with E-state index in [9.17, 15) is 18.7 Å². The molecule has 2 aromatic rings. The lowest BCUT2D eigenvalue weighted by Crippen LogP contribution is -2.56. The van der Waals surface area contributed by atoms with Gasteiger partial charge in [0.15, 0.2) is 17.2 Å². The second kappa shape index (κ2) is 5.42. The van der Waals surface area contributed by atoms with Gasteiger partial charge in [0.25, 0.3) is 5.91 Å². The number of carbonyl (C=O) groups excluding carboxylic acids is 1. The van der Waals surface area contributed by atoms with Crippen molar-refractivity contribution < 1.29 is 18.7 Å². The molecule has 3 N–H and O–H groups in total. The van der Waals surface area contributed by atoms with E-state index in [0.717, 1.165) is 6.07 Å². The van der Waals surface area contributed by atoms with Gasteiger partial charge in [-0.05, 0) is 38.0 Å². The van der Waals surface area contributed by atoms with Gasteiger partial charge in [-0.25, -0.2) is 13.8 Å². The molecule has 122 valence electrons. The summed E-state index contributed by atoms with van der Waals surface area (Å²) >= 11 is 0. The van der Waals surface area contributed by atoms with Crippen molar-refractivity contribution in [2.75, 3.05) is 18.0 Å². The molecule has 1 aromatic carbocycles. The Morgan fingerprint density at radius 3 is 2.87 bits per heavy atom. The fraction of sp³-hybridized carbons (Fsp3) is 0.375. The van der Waals surface area contributed by atoms with Crippen LogP contribution in [0.5, 0.6) is 0 Å². The largest absolute Gasteiger partial charge is 0.378 e. The van der Waals surface area contributed by atoms with Gasteiger partial charge in [-0.15, -0.1) is 0 Å². The normalized spacial score (nSPS) is 21.7. The molecule has 3 rings (SSSR count). The van der Waals surface area contributed by atoms with Gasteiger partial charge in [0.05, 0.1) is 6.54 Å². The first-order chi connectivity index (χ1) is 10.8. The smallest absolute Gasteiger partial charge is 0.251 e. The van der Waals surface area contributed by atoms with Crippen molar-refractivity contribution in [2.24, 2.45) is 5.73 Å². The highest BCUT2D eigenvalue weighted by molar-refractivity contribution is 5.93. The van der Waals surface area contributed by atoms with E-state index in [2.05, 4.69) is 4.98 Å². The Bertz CT molecular complexity index is 796. The van der Waals surface area contributed by atoms with E-state index in [4.69, 9.17) is 5.73 Å². The van der Waals surface area contributed by atoms with E-state index in [0.29, 0.717) is 29.7 Å². The molecule has 1 aliphatic heterocycles. The number of halogens is 2. The van der Waals surface area contributed by atoms with E-state index < -0.39 is 23.1 Å². The number of amides is 1. The molecule has 0 aliphatic carbocycles. The highest BCUT2D eigenvalue weighted by Gasteiger charge is 2.39. The first kappa shape index (κ1) is 15.6. The van der Waals surface area contributed by atoms with Crippen LogP contribution in [0, 0.1) is 18.6 Å². The third-order valence-electron chi connectivity index (χ3n) is 4.25. The second-order valence-electron chi connectivity index (χ2n) is 5.96. The third kappa shape index (κ3) is 2.61. The first-order valence-corrected chi connectivity index (χ1v) is 7.34. The van der Waals surface area contributed by atoms with Gasteiger partial charge >= 0.3 is 0 Å². The Labute approximate surface area is 131 Å². The van der Waals surface area contributed by atoms with E-state index in [1.807, 2.05) is 0 Å². The number of anilines is 1. The Kier molecular flexibility index (Phi) is 3.68. The second-order valence-corrected chi connectivity index (χ2v) is 5.96. The van der Waals surface area contributed by atoms with Crippen LogP contribution in [0.15, 0.2) is 18.2 Å². The summed E-state index contributed by atoms with van der Waals surface area (Å²) in [6.07, 6.45) is 0.843. The van der Waals surface area contributed by atoms with Crippen LogP contribution >= 0.6 is 0 Å². The van der Waals surface area contributed by atoms with Gasteiger partial charge in [0.2, 0.25) is 0 Å². The van der Waals surface area contributed by atoms with Crippen molar-refractivity contribution in [3.63, 3.8) is 0 Å². The number of pyridine rings is 1. The molecular weight excluding hydrogens is 304 g/mol. The topological polar surface area (TPSA) is 79.5 Å². The third-order valence-corrected chi connectivity index (χ3v) is 4.25. The number of aromatic nitrogens is 1. The number of rotatable bonds is 2. The number of hydrogen-bond donors (Lipinski definition) is 2. The summed E-state index contributed by atoms with van der Waals surface area (Å²) in [4.78, 5) is 17.3. The lowest BCUT2D eigenvalue weighted by Gasteiger charge is -2.38. The molecule has 1 aromatic heterocycles. The van der Waals surface area contributed by atoms with Crippen LogP contribution in [0.1, 0.15) is 18.5 Å². The van der Waals surface area contributed by atoms with Crippen LogP contribution < -0.4 is 10.6 Å². The number of primary amides is 1. The number of fused-ring (bicyclic) bond motifs is 1. The minimum Gasteiger partial charge on any atom is -0.378 e. The molecular formula is C16H17F2N3O2. The molecule has 5 nitrogen and oxygen atoms in total. The summed E-state index contributed by atoms with van der Waals surface area (Å²) in [6.45, 7) is 2.27. The lowest BCUT2D eigenvalue weighted by molar-refractivity contribution is -0.137. The highest BCUT2D eigenvalue weighted by Crippen LogP contribution is 2.33. The summed E-state index contributed by atoms with van der Waals surface area (Å²) in [5.74, 6) is -2.75. The van der Waals surface area contributed by atoms with E-state index >= 15 is 0 Å². The van der Waals surface area contributed by atoms with E-state index in [1.54, 1.807) is 17.9 Å². The highest BCUT2D eigenvalue weighted by atomic mass is 19.2. The SMILES string of the molecule is Cc1cc(N2CCC[C@](O)(C(N)=O)C2)c2ccc(F)c(F)c2n1. The number of benzene rings is 1. The van der Waals surface area contributed by atoms with Gasteiger partial charge in [-0.3, -0.25) is 4.79 Å². The molecule has 1 amide bonds. The van der Waals surface area contributed by atoms with Crippen molar-refractivity contribution in [1.82, 2.24) is 4.98 Å². The molecule has 0 radical (unpaired) electrons. The van der Waals surface area contributed by atoms with Crippen molar-refractivity contribution in [1.29, 1.82) is 0 Å². The van der Waals surface area contributed by atoms with Gasteiger partial charge in [0, 0.05) is 23.3 Å².